The summed E-state index contributed by atoms with van der Waals surface area (Å²) < 4.78 is 17.4. The number of carbonyl (C=O) groups is 3. The van der Waals surface area contributed by atoms with Crippen molar-refractivity contribution >= 4 is 17.9 Å². The number of rotatable bonds is 12. The van der Waals surface area contributed by atoms with E-state index in [-0.39, 0.29) is 24.9 Å². The third-order valence-electron chi connectivity index (χ3n) is 9.03. The van der Waals surface area contributed by atoms with Crippen LogP contribution in [0.3, 0.4) is 0 Å². The largest absolute Gasteiger partial charge is 0.457 e. The number of benzene rings is 2. The summed E-state index contributed by atoms with van der Waals surface area (Å²) in [5.74, 6) is 0.742. The Morgan fingerprint density at radius 2 is 1.61 bits per heavy atom. The van der Waals surface area contributed by atoms with Crippen LogP contribution in [-0.4, -0.2) is 80.3 Å². The van der Waals surface area contributed by atoms with Crippen LogP contribution in [0.5, 0.6) is 11.5 Å². The molecule has 1 fully saturated rings. The number of amides is 3. The predicted octanol–water partition coefficient (Wildman–Crippen LogP) is 6.39. The van der Waals surface area contributed by atoms with E-state index in [1.807, 2.05) is 57.2 Å². The number of ether oxygens (including phenoxy) is 3. The minimum absolute atomic E-state index is 0.0476. The van der Waals surface area contributed by atoms with E-state index in [1.54, 1.807) is 19.1 Å². The van der Waals surface area contributed by atoms with Crippen molar-refractivity contribution in [2.24, 2.45) is 17.8 Å². The SMILES string of the molecule is COCCCCC1(CNC(=O)[C@H]2C[C@@H](C(=O)N(C)CCC(C)C)CN(C(=O)OC(C)(C)C)C2)c2ccccc2Oc2ccccc21. The lowest BCUT2D eigenvalue weighted by Crippen LogP contribution is -2.54. The van der Waals surface area contributed by atoms with Gasteiger partial charge in [-0.15, -0.1) is 0 Å². The molecule has 9 nitrogen and oxygen atoms in total. The summed E-state index contributed by atoms with van der Waals surface area (Å²) in [6, 6.07) is 16.1. The van der Waals surface area contributed by atoms with Gasteiger partial charge in [0.05, 0.1) is 11.8 Å². The number of likely N-dealkylation sites (tertiary alicyclic amines) is 1. The molecular formula is C37H53N3O6. The molecule has 0 spiro atoms. The van der Waals surface area contributed by atoms with Gasteiger partial charge in [0.15, 0.2) is 0 Å². The van der Waals surface area contributed by atoms with E-state index >= 15 is 0 Å². The Hall–Kier alpha value is -3.59. The lowest BCUT2D eigenvalue weighted by Gasteiger charge is -2.42. The van der Waals surface area contributed by atoms with Gasteiger partial charge in [0.2, 0.25) is 11.8 Å². The van der Waals surface area contributed by atoms with Crippen LogP contribution in [-0.2, 0) is 24.5 Å². The molecule has 1 saturated heterocycles. The van der Waals surface area contributed by atoms with E-state index in [4.69, 9.17) is 14.2 Å². The van der Waals surface area contributed by atoms with Gasteiger partial charge in [0, 0.05) is 63.5 Å². The Kier molecular flexibility index (Phi) is 11.8. The molecule has 0 aromatic heterocycles. The highest BCUT2D eigenvalue weighted by Crippen LogP contribution is 2.50. The highest BCUT2D eigenvalue weighted by Gasteiger charge is 2.44. The molecule has 252 valence electrons. The average molecular weight is 636 g/mol. The molecule has 0 radical (unpaired) electrons. The van der Waals surface area contributed by atoms with Gasteiger partial charge in [0.1, 0.15) is 17.1 Å². The van der Waals surface area contributed by atoms with Gasteiger partial charge in [0.25, 0.3) is 0 Å². The van der Waals surface area contributed by atoms with Gasteiger partial charge in [-0.05, 0) is 70.9 Å². The van der Waals surface area contributed by atoms with Crippen LogP contribution in [0.2, 0.25) is 0 Å². The first-order valence-electron chi connectivity index (χ1n) is 16.7. The molecular weight excluding hydrogens is 582 g/mol. The van der Waals surface area contributed by atoms with E-state index in [2.05, 4.69) is 31.3 Å². The summed E-state index contributed by atoms with van der Waals surface area (Å²) in [4.78, 5) is 44.3. The first-order chi connectivity index (χ1) is 21.8. The second-order valence-corrected chi connectivity index (χ2v) is 14.3. The smallest absolute Gasteiger partial charge is 0.410 e. The third kappa shape index (κ3) is 8.60. The molecule has 46 heavy (non-hydrogen) atoms. The molecule has 3 amide bonds. The molecule has 2 aromatic carbocycles. The molecule has 1 N–H and O–H groups in total. The summed E-state index contributed by atoms with van der Waals surface area (Å²) in [5, 5.41) is 3.29. The zero-order valence-electron chi connectivity index (χ0n) is 28.8. The number of fused-ring (bicyclic) bond motifs is 2. The molecule has 0 saturated carbocycles. The Balaban J connectivity index is 1.60. The molecule has 2 aliphatic rings. The molecule has 0 unspecified atom stereocenters. The van der Waals surface area contributed by atoms with Gasteiger partial charge in [-0.25, -0.2) is 4.79 Å². The zero-order chi connectivity index (χ0) is 33.5. The Morgan fingerprint density at radius 3 is 2.20 bits per heavy atom. The maximum absolute atomic E-state index is 14.1. The summed E-state index contributed by atoms with van der Waals surface area (Å²) in [5.41, 5.74) is 0.843. The van der Waals surface area contributed by atoms with Crippen LogP contribution in [0.25, 0.3) is 0 Å². The maximum atomic E-state index is 14.1. The predicted molar refractivity (Wildman–Crippen MR) is 179 cm³/mol. The topological polar surface area (TPSA) is 97.4 Å². The number of carbonyl (C=O) groups excluding carboxylic acids is 3. The van der Waals surface area contributed by atoms with E-state index in [9.17, 15) is 14.4 Å². The van der Waals surface area contributed by atoms with Crippen molar-refractivity contribution in [1.82, 2.24) is 15.1 Å². The summed E-state index contributed by atoms with van der Waals surface area (Å²) >= 11 is 0. The van der Waals surface area contributed by atoms with Crippen molar-refractivity contribution in [1.29, 1.82) is 0 Å². The van der Waals surface area contributed by atoms with Crippen molar-refractivity contribution < 1.29 is 28.6 Å². The van der Waals surface area contributed by atoms with Crippen LogP contribution in [0.15, 0.2) is 48.5 Å². The van der Waals surface area contributed by atoms with E-state index in [0.717, 1.165) is 48.3 Å². The molecule has 0 aliphatic carbocycles. The third-order valence-corrected chi connectivity index (χ3v) is 9.03. The fourth-order valence-electron chi connectivity index (χ4n) is 6.59. The van der Waals surface area contributed by atoms with E-state index in [1.165, 1.54) is 4.90 Å². The molecule has 2 aliphatic heterocycles. The number of hydrogen-bond donors (Lipinski definition) is 1. The fourth-order valence-corrected chi connectivity index (χ4v) is 6.59. The number of nitrogens with one attached hydrogen (secondary N) is 1. The molecule has 4 rings (SSSR count). The molecule has 2 aromatic rings. The minimum atomic E-state index is -0.696. The van der Waals surface area contributed by atoms with Gasteiger partial charge < -0.3 is 29.3 Å². The van der Waals surface area contributed by atoms with Crippen molar-refractivity contribution in [3.05, 3.63) is 59.7 Å². The molecule has 2 atom stereocenters. The second-order valence-electron chi connectivity index (χ2n) is 14.3. The lowest BCUT2D eigenvalue weighted by molar-refractivity contribution is -0.138. The van der Waals surface area contributed by atoms with Crippen LogP contribution in [0, 0.1) is 17.8 Å². The highest BCUT2D eigenvalue weighted by atomic mass is 16.6. The van der Waals surface area contributed by atoms with Crippen LogP contribution >= 0.6 is 0 Å². The zero-order valence-corrected chi connectivity index (χ0v) is 28.8. The van der Waals surface area contributed by atoms with Crippen molar-refractivity contribution in [2.75, 3.05) is 46.9 Å². The van der Waals surface area contributed by atoms with Crippen molar-refractivity contribution in [2.45, 2.75) is 77.7 Å². The lowest BCUT2D eigenvalue weighted by atomic mass is 9.69. The monoisotopic (exact) mass is 635 g/mol. The highest BCUT2D eigenvalue weighted by molar-refractivity contribution is 5.84. The Bertz CT molecular complexity index is 1310. The number of methoxy groups -OCH3 is 1. The van der Waals surface area contributed by atoms with E-state index < -0.39 is 28.9 Å². The minimum Gasteiger partial charge on any atom is -0.457 e. The maximum Gasteiger partial charge on any atom is 0.410 e. The number of unbranched alkanes of at least 4 members (excludes halogenated alkanes) is 1. The summed E-state index contributed by atoms with van der Waals surface area (Å²) in [6.45, 7) is 11.8. The number of hydrogen-bond acceptors (Lipinski definition) is 6. The molecule has 2 heterocycles. The number of para-hydroxylation sites is 2. The first kappa shape index (κ1) is 35.3. The molecule has 0 bridgehead atoms. The van der Waals surface area contributed by atoms with Crippen LogP contribution in [0.1, 0.15) is 77.8 Å². The van der Waals surface area contributed by atoms with Crippen molar-refractivity contribution in [3.63, 3.8) is 0 Å². The average Bonchev–Trinajstić information content (AvgIpc) is 3.02. The van der Waals surface area contributed by atoms with Gasteiger partial charge in [-0.3, -0.25) is 9.59 Å². The number of nitrogens with zero attached hydrogens (tertiary/aromatic N) is 2. The molecule has 9 heteroatoms. The Labute approximate surface area is 274 Å². The standard InChI is InChI=1S/C37H53N3O6/c1-26(2)18-20-39(6)34(42)28-22-27(23-40(24-28)35(43)46-36(3,4)5)33(41)38-25-37(19-12-13-21-44-7)29-14-8-10-16-31(29)45-32-17-11-9-15-30(32)37/h8-11,14-17,26-28H,12-13,18-25H2,1-7H3,(H,38,41)/t27-,28+/m0/s1. The fraction of sp³-hybridized carbons (Fsp3) is 0.595. The second kappa shape index (κ2) is 15.3. The van der Waals surface area contributed by atoms with Crippen LogP contribution < -0.4 is 10.1 Å². The van der Waals surface area contributed by atoms with E-state index in [0.29, 0.717) is 32.0 Å². The van der Waals surface area contributed by atoms with Gasteiger partial charge in [-0.2, -0.15) is 0 Å². The van der Waals surface area contributed by atoms with Crippen LogP contribution in [0.4, 0.5) is 4.79 Å². The van der Waals surface area contributed by atoms with Crippen molar-refractivity contribution in [3.8, 4) is 11.5 Å². The quantitative estimate of drug-likeness (QED) is 0.272. The summed E-state index contributed by atoms with van der Waals surface area (Å²) in [7, 11) is 3.51. The summed E-state index contributed by atoms with van der Waals surface area (Å²) in [6.07, 6.45) is 3.31. The van der Waals surface area contributed by atoms with Gasteiger partial charge in [-0.1, -0.05) is 50.2 Å². The first-order valence-corrected chi connectivity index (χ1v) is 16.7. The number of piperidine rings is 1. The Morgan fingerprint density at radius 1 is 1.00 bits per heavy atom. The normalized spacial score (nSPS) is 18.7. The van der Waals surface area contributed by atoms with Gasteiger partial charge >= 0.3 is 6.09 Å².